The maximum absolute atomic E-state index is 4.57. The van der Waals surface area contributed by atoms with Gasteiger partial charge in [0.25, 0.3) is 0 Å². The molecule has 72 valence electrons. The zero-order valence-electron chi connectivity index (χ0n) is 9.36. The van der Waals surface area contributed by atoms with E-state index in [4.69, 9.17) is 0 Å². The highest BCUT2D eigenvalue weighted by molar-refractivity contribution is 8.15. The maximum atomic E-state index is 4.57. The fraction of sp³-hybridized carbons (Fsp3) is 0.900. The molecule has 0 aliphatic rings. The summed E-state index contributed by atoms with van der Waals surface area (Å²) in [5, 5.41) is 1.18. The van der Waals surface area contributed by atoms with E-state index in [0.29, 0.717) is 0 Å². The van der Waals surface area contributed by atoms with E-state index in [9.17, 15) is 0 Å². The standard InChI is InChI=1S/C10H21NS/c1-8(11-9(2,3)4)12-10(5,6)7/h1-7H3/b11-8-. The third kappa shape index (κ3) is 8.12. The predicted molar refractivity (Wildman–Crippen MR) is 60.2 cm³/mol. The summed E-state index contributed by atoms with van der Waals surface area (Å²) >= 11 is 1.83. The highest BCUT2D eigenvalue weighted by Crippen LogP contribution is 2.25. The van der Waals surface area contributed by atoms with E-state index in [1.807, 2.05) is 11.8 Å². The molecule has 0 unspecified atom stereocenters. The zero-order chi connectivity index (χ0) is 9.99. The van der Waals surface area contributed by atoms with Gasteiger partial charge in [-0.15, -0.1) is 11.8 Å². The number of thioether (sulfide) groups is 1. The molecule has 2 heteroatoms. The fourth-order valence-electron chi connectivity index (χ4n) is 0.938. The van der Waals surface area contributed by atoms with E-state index in [0.717, 1.165) is 0 Å². The third-order valence-electron chi connectivity index (χ3n) is 0.947. The van der Waals surface area contributed by atoms with Crippen LogP contribution in [0.25, 0.3) is 0 Å². The van der Waals surface area contributed by atoms with Crippen molar-refractivity contribution in [2.24, 2.45) is 4.99 Å². The van der Waals surface area contributed by atoms with Gasteiger partial charge in [0, 0.05) is 4.75 Å². The molecule has 0 amide bonds. The lowest BCUT2D eigenvalue weighted by Gasteiger charge is -2.20. The Bertz CT molecular complexity index is 169. The largest absolute Gasteiger partial charge is 0.277 e. The molecular weight excluding hydrogens is 166 g/mol. The first-order valence-electron chi connectivity index (χ1n) is 4.36. The van der Waals surface area contributed by atoms with Crippen molar-refractivity contribution in [3.8, 4) is 0 Å². The fourth-order valence-corrected chi connectivity index (χ4v) is 2.14. The Balaban J connectivity index is 4.23. The molecule has 0 fully saturated rings. The number of aliphatic imine (C=N–C) groups is 1. The van der Waals surface area contributed by atoms with Crippen LogP contribution in [0.4, 0.5) is 0 Å². The summed E-state index contributed by atoms with van der Waals surface area (Å²) in [4.78, 5) is 4.57. The number of hydrogen-bond donors (Lipinski definition) is 0. The molecule has 0 rings (SSSR count). The van der Waals surface area contributed by atoms with Gasteiger partial charge in [-0.25, -0.2) is 0 Å². The van der Waals surface area contributed by atoms with Crippen LogP contribution in [0.2, 0.25) is 0 Å². The van der Waals surface area contributed by atoms with Crippen molar-refractivity contribution in [1.82, 2.24) is 0 Å². The van der Waals surface area contributed by atoms with Crippen molar-refractivity contribution in [1.29, 1.82) is 0 Å². The van der Waals surface area contributed by atoms with E-state index >= 15 is 0 Å². The second-order valence-electron chi connectivity index (χ2n) is 5.02. The van der Waals surface area contributed by atoms with Crippen LogP contribution < -0.4 is 0 Å². The van der Waals surface area contributed by atoms with Crippen LogP contribution in [0, 0.1) is 0 Å². The molecule has 0 aromatic carbocycles. The lowest BCUT2D eigenvalue weighted by molar-refractivity contribution is 0.585. The minimum Gasteiger partial charge on any atom is -0.277 e. The van der Waals surface area contributed by atoms with Gasteiger partial charge < -0.3 is 0 Å². The van der Waals surface area contributed by atoms with Crippen LogP contribution in [0.1, 0.15) is 48.5 Å². The first-order valence-corrected chi connectivity index (χ1v) is 5.17. The van der Waals surface area contributed by atoms with Gasteiger partial charge in [0.1, 0.15) is 0 Å². The molecule has 0 heterocycles. The molecule has 1 nitrogen and oxygen atoms in total. The summed E-state index contributed by atoms with van der Waals surface area (Å²) in [5.41, 5.74) is 0.0579. The van der Waals surface area contributed by atoms with Gasteiger partial charge in [0.05, 0.1) is 10.6 Å². The van der Waals surface area contributed by atoms with Crippen molar-refractivity contribution >= 4 is 16.8 Å². The van der Waals surface area contributed by atoms with Crippen molar-refractivity contribution in [2.75, 3.05) is 0 Å². The molecule has 0 aromatic rings. The van der Waals surface area contributed by atoms with Crippen molar-refractivity contribution in [3.63, 3.8) is 0 Å². The molecule has 0 spiro atoms. The normalized spacial score (nSPS) is 15.1. The maximum Gasteiger partial charge on any atom is 0.0656 e. The summed E-state index contributed by atoms with van der Waals surface area (Å²) in [7, 11) is 0. The van der Waals surface area contributed by atoms with E-state index in [1.54, 1.807) is 0 Å². The summed E-state index contributed by atoms with van der Waals surface area (Å²) in [5.74, 6) is 0. The monoisotopic (exact) mass is 187 g/mol. The smallest absolute Gasteiger partial charge is 0.0656 e. The summed E-state index contributed by atoms with van der Waals surface area (Å²) < 4.78 is 0.277. The molecule has 0 aliphatic heterocycles. The third-order valence-corrected chi connectivity index (χ3v) is 1.95. The Hall–Kier alpha value is 0.0200. The topological polar surface area (TPSA) is 12.4 Å². The Morgan fingerprint density at radius 2 is 1.42 bits per heavy atom. The molecule has 0 aliphatic carbocycles. The van der Waals surface area contributed by atoms with E-state index in [2.05, 4.69) is 53.5 Å². The molecular formula is C10H21NS. The van der Waals surface area contributed by atoms with Crippen LogP contribution in [-0.4, -0.2) is 15.3 Å². The van der Waals surface area contributed by atoms with Gasteiger partial charge in [0.2, 0.25) is 0 Å². The Morgan fingerprint density at radius 3 is 1.67 bits per heavy atom. The molecule has 12 heavy (non-hydrogen) atoms. The number of nitrogens with zero attached hydrogens (tertiary/aromatic N) is 1. The highest BCUT2D eigenvalue weighted by Gasteiger charge is 2.14. The number of rotatable bonds is 0. The second kappa shape index (κ2) is 3.82. The van der Waals surface area contributed by atoms with E-state index < -0.39 is 0 Å². The van der Waals surface area contributed by atoms with Crippen LogP contribution in [0.5, 0.6) is 0 Å². The van der Waals surface area contributed by atoms with E-state index in [-0.39, 0.29) is 10.3 Å². The SMILES string of the molecule is C/C(=N/C(C)(C)C)SC(C)(C)C. The first kappa shape index (κ1) is 12.0. The summed E-state index contributed by atoms with van der Waals surface area (Å²) in [6.45, 7) is 15.1. The quantitative estimate of drug-likeness (QED) is 0.416. The van der Waals surface area contributed by atoms with Crippen LogP contribution in [-0.2, 0) is 0 Å². The van der Waals surface area contributed by atoms with Gasteiger partial charge >= 0.3 is 0 Å². The van der Waals surface area contributed by atoms with Gasteiger partial charge in [-0.2, -0.15) is 0 Å². The van der Waals surface area contributed by atoms with Crippen molar-refractivity contribution in [3.05, 3.63) is 0 Å². The van der Waals surface area contributed by atoms with Gasteiger partial charge in [-0.1, -0.05) is 20.8 Å². The zero-order valence-corrected chi connectivity index (χ0v) is 10.2. The minimum absolute atomic E-state index is 0.0579. The first-order chi connectivity index (χ1) is 5.10. The van der Waals surface area contributed by atoms with Gasteiger partial charge in [0.15, 0.2) is 0 Å². The Kier molecular flexibility index (Phi) is 3.83. The molecule has 0 aromatic heterocycles. The van der Waals surface area contributed by atoms with E-state index in [1.165, 1.54) is 5.04 Å². The van der Waals surface area contributed by atoms with Crippen LogP contribution in [0.15, 0.2) is 4.99 Å². The minimum atomic E-state index is 0.0579. The summed E-state index contributed by atoms with van der Waals surface area (Å²) in [6, 6.07) is 0. The lowest BCUT2D eigenvalue weighted by Crippen LogP contribution is -2.15. The average Bonchev–Trinajstić information content (AvgIpc) is 1.49. The van der Waals surface area contributed by atoms with Crippen molar-refractivity contribution in [2.45, 2.75) is 58.8 Å². The molecule has 0 radical (unpaired) electrons. The molecule has 0 N–H and O–H groups in total. The van der Waals surface area contributed by atoms with Crippen molar-refractivity contribution < 1.29 is 0 Å². The molecule has 0 bridgehead atoms. The van der Waals surface area contributed by atoms with Crippen LogP contribution in [0.3, 0.4) is 0 Å². The predicted octanol–water partition coefficient (Wildman–Crippen LogP) is 3.74. The second-order valence-corrected chi connectivity index (χ2v) is 7.04. The molecule has 0 atom stereocenters. The Labute approximate surface area is 81.0 Å². The molecule has 0 saturated heterocycles. The van der Waals surface area contributed by atoms with Gasteiger partial charge in [-0.3, -0.25) is 4.99 Å². The van der Waals surface area contributed by atoms with Gasteiger partial charge in [-0.05, 0) is 27.7 Å². The molecule has 0 saturated carbocycles. The highest BCUT2D eigenvalue weighted by atomic mass is 32.2. The lowest BCUT2D eigenvalue weighted by atomic mass is 10.1. The summed E-state index contributed by atoms with van der Waals surface area (Å²) in [6.07, 6.45) is 0. The average molecular weight is 187 g/mol. The van der Waals surface area contributed by atoms with Crippen LogP contribution >= 0.6 is 11.8 Å². The Morgan fingerprint density at radius 1 is 1.00 bits per heavy atom. The number of hydrogen-bond acceptors (Lipinski definition) is 2.